The molecule has 0 amide bonds. The van der Waals surface area contributed by atoms with E-state index in [1.165, 1.54) is 6.26 Å². The number of sulfone groups is 1. The van der Waals surface area contributed by atoms with E-state index in [1.807, 2.05) is 0 Å². The summed E-state index contributed by atoms with van der Waals surface area (Å²) in [7, 11) is -3.14. The predicted molar refractivity (Wildman–Crippen MR) is 108 cm³/mol. The summed E-state index contributed by atoms with van der Waals surface area (Å²) in [5, 5.41) is 5.19. The van der Waals surface area contributed by atoms with Crippen LogP contribution in [0.2, 0.25) is 5.15 Å². The summed E-state index contributed by atoms with van der Waals surface area (Å²) >= 11 is 6.10. The second kappa shape index (κ2) is 8.11. The molecule has 1 saturated carbocycles. The second-order valence-electron chi connectivity index (χ2n) is 7.36. The fraction of sp³-hybridized carbons (Fsp3) is 0.556. The molecule has 2 aromatic heterocycles. The summed E-state index contributed by atoms with van der Waals surface area (Å²) in [5.41, 5.74) is 9.75. The van der Waals surface area contributed by atoms with E-state index in [9.17, 15) is 8.42 Å². The van der Waals surface area contributed by atoms with Crippen LogP contribution in [0.5, 0.6) is 5.88 Å². The molecular weight excluding hydrogens is 402 g/mol. The fourth-order valence-corrected chi connectivity index (χ4v) is 3.97. The number of halogens is 1. The fourth-order valence-electron chi connectivity index (χ4n) is 3.19. The number of rotatable bonds is 8. The summed E-state index contributed by atoms with van der Waals surface area (Å²) in [6.45, 7) is 3.46. The van der Waals surface area contributed by atoms with Crippen LogP contribution in [0, 0.1) is 5.92 Å². The molecule has 0 radical (unpaired) electrons. The molecule has 10 heteroatoms. The molecular formula is C18H22ClN5O3S. The normalized spacial score (nSPS) is 17.6. The van der Waals surface area contributed by atoms with Crippen molar-refractivity contribution < 1.29 is 13.2 Å². The highest BCUT2D eigenvalue weighted by Crippen LogP contribution is 2.46. The van der Waals surface area contributed by atoms with Crippen LogP contribution >= 0.6 is 11.6 Å². The van der Waals surface area contributed by atoms with E-state index < -0.39 is 15.1 Å². The predicted octanol–water partition coefficient (Wildman–Crippen LogP) is 4.64. The van der Waals surface area contributed by atoms with Crippen molar-refractivity contribution in [2.75, 3.05) is 6.26 Å². The van der Waals surface area contributed by atoms with Crippen molar-refractivity contribution in [1.29, 1.82) is 0 Å². The Kier molecular flexibility index (Phi) is 5.98. The van der Waals surface area contributed by atoms with E-state index in [1.54, 1.807) is 32.3 Å². The van der Waals surface area contributed by atoms with Crippen LogP contribution in [-0.2, 0) is 9.84 Å². The molecule has 3 atom stereocenters. The maximum Gasteiger partial charge on any atom is 0.223 e. The minimum atomic E-state index is -3.14. The second-order valence-corrected chi connectivity index (χ2v) is 10.2. The SMILES string of the molecule is C[C@H](C[C@@H](C)S(C)(=O)=O)Oc1ncc([C@H](N=[N+]=[N-])C2CC2)c2cc(Cl)ncc12. The quantitative estimate of drug-likeness (QED) is 0.265. The van der Waals surface area contributed by atoms with Crippen LogP contribution in [-0.4, -0.2) is 36.0 Å². The van der Waals surface area contributed by atoms with Crippen molar-refractivity contribution in [1.82, 2.24) is 9.97 Å². The van der Waals surface area contributed by atoms with Crippen LogP contribution in [0.15, 0.2) is 23.6 Å². The van der Waals surface area contributed by atoms with Crippen molar-refractivity contribution in [3.05, 3.63) is 39.6 Å². The summed E-state index contributed by atoms with van der Waals surface area (Å²) in [6.07, 6.45) is 6.43. The first-order valence-corrected chi connectivity index (χ1v) is 11.4. The molecule has 8 nitrogen and oxygen atoms in total. The zero-order valence-corrected chi connectivity index (χ0v) is 17.5. The van der Waals surface area contributed by atoms with Crippen molar-refractivity contribution in [3.8, 4) is 5.88 Å². The molecule has 1 aliphatic rings. The van der Waals surface area contributed by atoms with Gasteiger partial charge in [0.15, 0.2) is 0 Å². The monoisotopic (exact) mass is 423 g/mol. The third-order valence-corrected chi connectivity index (χ3v) is 6.86. The van der Waals surface area contributed by atoms with Gasteiger partial charge in [-0.25, -0.2) is 18.4 Å². The number of nitrogens with zero attached hydrogens (tertiary/aromatic N) is 5. The topological polar surface area (TPSA) is 118 Å². The Bertz CT molecular complexity index is 1030. The van der Waals surface area contributed by atoms with E-state index in [4.69, 9.17) is 21.9 Å². The highest BCUT2D eigenvalue weighted by Gasteiger charge is 2.33. The number of fused-ring (bicyclic) bond motifs is 1. The molecule has 1 aliphatic carbocycles. The average molecular weight is 424 g/mol. The Morgan fingerprint density at radius 2 is 2.04 bits per heavy atom. The number of azide groups is 1. The zero-order valence-electron chi connectivity index (χ0n) is 15.9. The summed E-state index contributed by atoms with van der Waals surface area (Å²) in [6, 6.07) is 1.41. The molecule has 0 aliphatic heterocycles. The Labute approximate surface area is 168 Å². The van der Waals surface area contributed by atoms with Gasteiger partial charge in [0.25, 0.3) is 0 Å². The van der Waals surface area contributed by atoms with Crippen LogP contribution in [0.3, 0.4) is 0 Å². The number of ether oxygens (including phenoxy) is 1. The lowest BCUT2D eigenvalue weighted by molar-refractivity contribution is 0.205. The highest BCUT2D eigenvalue weighted by molar-refractivity contribution is 7.91. The van der Waals surface area contributed by atoms with Gasteiger partial charge in [0.05, 0.1) is 22.8 Å². The number of aromatic nitrogens is 2. The molecule has 0 aromatic carbocycles. The van der Waals surface area contributed by atoms with Gasteiger partial charge in [-0.15, -0.1) is 0 Å². The van der Waals surface area contributed by atoms with Crippen molar-refractivity contribution in [2.45, 2.75) is 50.5 Å². The molecule has 0 spiro atoms. The van der Waals surface area contributed by atoms with Gasteiger partial charge in [-0.3, -0.25) is 0 Å². The molecule has 0 N–H and O–H groups in total. The van der Waals surface area contributed by atoms with E-state index in [0.29, 0.717) is 28.8 Å². The molecule has 28 heavy (non-hydrogen) atoms. The van der Waals surface area contributed by atoms with Crippen LogP contribution in [0.25, 0.3) is 21.2 Å². The van der Waals surface area contributed by atoms with Crippen molar-refractivity contribution >= 4 is 32.2 Å². The molecule has 2 aromatic rings. The van der Waals surface area contributed by atoms with Gasteiger partial charge >= 0.3 is 0 Å². The van der Waals surface area contributed by atoms with E-state index in [2.05, 4.69) is 20.0 Å². The van der Waals surface area contributed by atoms with Gasteiger partial charge in [-0.1, -0.05) is 16.7 Å². The largest absolute Gasteiger partial charge is 0.474 e. The lowest BCUT2D eigenvalue weighted by Crippen LogP contribution is -2.25. The summed E-state index contributed by atoms with van der Waals surface area (Å²) < 4.78 is 29.3. The molecule has 0 bridgehead atoms. The molecule has 1 fully saturated rings. The van der Waals surface area contributed by atoms with Gasteiger partial charge in [-0.2, -0.15) is 0 Å². The first kappa shape index (κ1) is 20.6. The number of hydrogen-bond acceptors (Lipinski definition) is 6. The van der Waals surface area contributed by atoms with Gasteiger partial charge in [0.2, 0.25) is 5.88 Å². The van der Waals surface area contributed by atoms with Gasteiger partial charge in [-0.05, 0) is 55.2 Å². The van der Waals surface area contributed by atoms with E-state index >= 15 is 0 Å². The maximum absolute atomic E-state index is 11.7. The highest BCUT2D eigenvalue weighted by atomic mass is 35.5. The zero-order chi connectivity index (χ0) is 20.5. The Hall–Kier alpha value is -2.09. The summed E-state index contributed by atoms with van der Waals surface area (Å²) in [5.74, 6) is 0.653. The third kappa shape index (κ3) is 4.66. The first-order chi connectivity index (χ1) is 13.2. The van der Waals surface area contributed by atoms with Crippen molar-refractivity contribution in [2.24, 2.45) is 11.0 Å². The molecule has 2 heterocycles. The van der Waals surface area contributed by atoms with Gasteiger partial charge in [0, 0.05) is 30.0 Å². The van der Waals surface area contributed by atoms with Crippen LogP contribution in [0.1, 0.15) is 44.7 Å². The summed E-state index contributed by atoms with van der Waals surface area (Å²) in [4.78, 5) is 11.5. The Morgan fingerprint density at radius 1 is 1.32 bits per heavy atom. The molecule has 3 rings (SSSR count). The standard InChI is InChI=1S/C18H22ClN5O3S/c1-10(6-11(2)28(3,25)26)27-18-15-9-21-16(19)7-13(15)14(8-22-18)17(23-24-20)12-4-5-12/h7-12,17H,4-6H2,1-3H3/t10-,11-,17-/m1/s1. The minimum absolute atomic E-state index is 0.300. The average Bonchev–Trinajstić information content (AvgIpc) is 3.44. The van der Waals surface area contributed by atoms with Gasteiger partial charge in [0.1, 0.15) is 15.0 Å². The molecule has 150 valence electrons. The van der Waals surface area contributed by atoms with Crippen LogP contribution in [0.4, 0.5) is 0 Å². The van der Waals surface area contributed by atoms with Crippen molar-refractivity contribution in [3.63, 3.8) is 0 Å². The Balaban J connectivity index is 1.97. The van der Waals surface area contributed by atoms with Crippen LogP contribution < -0.4 is 4.74 Å². The molecule has 0 unspecified atom stereocenters. The van der Waals surface area contributed by atoms with E-state index in [0.717, 1.165) is 23.8 Å². The lowest BCUT2D eigenvalue weighted by atomic mass is 10.00. The molecule has 0 saturated heterocycles. The first-order valence-electron chi connectivity index (χ1n) is 9.04. The number of pyridine rings is 2. The minimum Gasteiger partial charge on any atom is -0.474 e. The van der Waals surface area contributed by atoms with Gasteiger partial charge < -0.3 is 4.74 Å². The maximum atomic E-state index is 11.7. The van der Waals surface area contributed by atoms with E-state index in [-0.39, 0.29) is 12.1 Å². The number of hydrogen-bond donors (Lipinski definition) is 0. The third-order valence-electron chi connectivity index (χ3n) is 5.00. The lowest BCUT2D eigenvalue weighted by Gasteiger charge is -2.20. The smallest absolute Gasteiger partial charge is 0.223 e. The Morgan fingerprint density at radius 3 is 2.64 bits per heavy atom.